The molecule has 3 aromatic rings. The van der Waals surface area contributed by atoms with Crippen LogP contribution in [0.4, 0.5) is 11.4 Å². The maximum absolute atomic E-state index is 9.41. The number of aromatic hydroxyl groups is 1. The minimum absolute atomic E-state index is 0.105. The molecule has 3 rings (SSSR count). The minimum atomic E-state index is 0.105. The van der Waals surface area contributed by atoms with Crippen LogP contribution in [0, 0.1) is 0 Å². The number of benzene rings is 2. The summed E-state index contributed by atoms with van der Waals surface area (Å²) >= 11 is 3.47. The van der Waals surface area contributed by atoms with Gasteiger partial charge in [0, 0.05) is 22.1 Å². The van der Waals surface area contributed by atoms with E-state index in [4.69, 9.17) is 5.73 Å². The number of nitrogen functional groups attached to an aromatic ring is 1. The number of H-pyrrole nitrogens is 1. The van der Waals surface area contributed by atoms with Gasteiger partial charge < -0.3 is 16.2 Å². The minimum Gasteiger partial charge on any atom is -0.506 e. The second-order valence-electron chi connectivity index (χ2n) is 4.53. The van der Waals surface area contributed by atoms with Crippen LogP contribution in [0.3, 0.4) is 0 Å². The number of anilines is 2. The Hall–Kier alpha value is -2.21. The van der Waals surface area contributed by atoms with Gasteiger partial charge in [0.05, 0.1) is 17.4 Å². The van der Waals surface area contributed by atoms with Gasteiger partial charge in [0.2, 0.25) is 0 Å². The van der Waals surface area contributed by atoms with Crippen LogP contribution in [-0.4, -0.2) is 15.3 Å². The van der Waals surface area contributed by atoms with Gasteiger partial charge in [0.1, 0.15) is 5.75 Å². The maximum atomic E-state index is 9.41. The highest BCUT2D eigenvalue weighted by Gasteiger charge is 2.05. The van der Waals surface area contributed by atoms with Crippen LogP contribution in [0.2, 0.25) is 0 Å². The summed E-state index contributed by atoms with van der Waals surface area (Å²) in [5.41, 5.74) is 9.01. The fourth-order valence-corrected chi connectivity index (χ4v) is 2.53. The Bertz CT molecular complexity index is 769. The number of nitrogens with zero attached hydrogens (tertiary/aromatic N) is 1. The second kappa shape index (κ2) is 5.05. The first-order valence-electron chi connectivity index (χ1n) is 6.07. The van der Waals surface area contributed by atoms with Gasteiger partial charge in [0.25, 0.3) is 0 Å². The average Bonchev–Trinajstić information content (AvgIpc) is 2.88. The number of phenolic OH excluding ortho intramolecular Hbond substituents is 1. The summed E-state index contributed by atoms with van der Waals surface area (Å²) in [6.07, 6.45) is 1.79. The zero-order valence-corrected chi connectivity index (χ0v) is 12.1. The van der Waals surface area contributed by atoms with Crippen molar-refractivity contribution < 1.29 is 5.11 Å². The molecule has 0 aliphatic heterocycles. The van der Waals surface area contributed by atoms with Crippen LogP contribution in [0.15, 0.2) is 41.0 Å². The summed E-state index contributed by atoms with van der Waals surface area (Å²) in [5, 5.41) is 20.8. The molecule has 6 heteroatoms. The summed E-state index contributed by atoms with van der Waals surface area (Å²) in [6, 6.07) is 9.17. The number of rotatable bonds is 3. The number of nitrogens with one attached hydrogen (secondary N) is 2. The van der Waals surface area contributed by atoms with E-state index in [0.717, 1.165) is 26.6 Å². The lowest BCUT2D eigenvalue weighted by Gasteiger charge is -2.09. The third-order valence-electron chi connectivity index (χ3n) is 3.10. The lowest BCUT2D eigenvalue weighted by Crippen LogP contribution is -2.00. The van der Waals surface area contributed by atoms with Gasteiger partial charge in [-0.25, -0.2) is 0 Å². The quantitative estimate of drug-likeness (QED) is 0.438. The van der Waals surface area contributed by atoms with Crippen molar-refractivity contribution in [2.24, 2.45) is 0 Å². The largest absolute Gasteiger partial charge is 0.506 e. The Labute approximate surface area is 123 Å². The van der Waals surface area contributed by atoms with Crippen molar-refractivity contribution in [2.75, 3.05) is 11.1 Å². The van der Waals surface area contributed by atoms with E-state index in [9.17, 15) is 5.11 Å². The summed E-state index contributed by atoms with van der Waals surface area (Å²) in [4.78, 5) is 0. The van der Waals surface area contributed by atoms with Crippen molar-refractivity contribution in [1.29, 1.82) is 0 Å². The summed E-state index contributed by atoms with van der Waals surface area (Å²) in [6.45, 7) is 0.612. The SMILES string of the molecule is Nc1cc(CNc2cc(Br)cc3[nH]ncc23)ccc1O. The van der Waals surface area contributed by atoms with E-state index < -0.39 is 0 Å². The fraction of sp³-hybridized carbons (Fsp3) is 0.0714. The molecule has 0 radical (unpaired) electrons. The third kappa shape index (κ3) is 2.42. The zero-order chi connectivity index (χ0) is 14.1. The number of nitrogens with two attached hydrogens (primary N) is 1. The molecule has 0 saturated heterocycles. The van der Waals surface area contributed by atoms with Gasteiger partial charge in [-0.15, -0.1) is 0 Å². The molecule has 0 amide bonds. The number of phenols is 1. The highest BCUT2D eigenvalue weighted by atomic mass is 79.9. The second-order valence-corrected chi connectivity index (χ2v) is 5.45. The number of halogens is 1. The molecule has 0 aliphatic carbocycles. The Morgan fingerprint density at radius 3 is 2.95 bits per heavy atom. The summed E-state index contributed by atoms with van der Waals surface area (Å²) in [7, 11) is 0. The standard InChI is InChI=1S/C14H13BrN4O/c15-9-4-12(10-7-18-19-13(10)5-9)17-6-8-1-2-14(20)11(16)3-8/h1-5,7,17,20H,6,16H2,(H,18,19). The molecule has 0 bridgehead atoms. The van der Waals surface area contributed by atoms with Crippen molar-refractivity contribution >= 4 is 38.2 Å². The number of hydrogen-bond donors (Lipinski definition) is 4. The predicted octanol–water partition coefficient (Wildman–Crippen LogP) is 3.23. The first kappa shape index (κ1) is 12.8. The molecule has 0 spiro atoms. The average molecular weight is 333 g/mol. The molecule has 1 heterocycles. The predicted molar refractivity (Wildman–Crippen MR) is 83.6 cm³/mol. The number of fused-ring (bicyclic) bond motifs is 1. The Morgan fingerprint density at radius 1 is 1.30 bits per heavy atom. The van der Waals surface area contributed by atoms with Crippen molar-refractivity contribution in [2.45, 2.75) is 6.54 Å². The van der Waals surface area contributed by atoms with Crippen LogP contribution < -0.4 is 11.1 Å². The number of aromatic nitrogens is 2. The van der Waals surface area contributed by atoms with Crippen molar-refractivity contribution in [3.05, 3.63) is 46.6 Å². The third-order valence-corrected chi connectivity index (χ3v) is 3.56. The van der Waals surface area contributed by atoms with Crippen LogP contribution in [0.1, 0.15) is 5.56 Å². The molecule has 0 aliphatic rings. The Kier molecular flexibility index (Phi) is 3.23. The van der Waals surface area contributed by atoms with E-state index in [2.05, 4.69) is 31.4 Å². The first-order chi connectivity index (χ1) is 9.63. The van der Waals surface area contributed by atoms with Crippen molar-refractivity contribution in [3.8, 4) is 5.75 Å². The smallest absolute Gasteiger partial charge is 0.138 e. The van der Waals surface area contributed by atoms with Crippen molar-refractivity contribution in [1.82, 2.24) is 10.2 Å². The number of hydrogen-bond acceptors (Lipinski definition) is 4. The first-order valence-corrected chi connectivity index (χ1v) is 6.86. The molecule has 0 unspecified atom stereocenters. The molecular weight excluding hydrogens is 320 g/mol. The highest BCUT2D eigenvalue weighted by molar-refractivity contribution is 9.10. The fourth-order valence-electron chi connectivity index (χ4n) is 2.07. The zero-order valence-electron chi connectivity index (χ0n) is 10.5. The van der Waals surface area contributed by atoms with E-state index in [-0.39, 0.29) is 5.75 Å². The molecule has 2 aromatic carbocycles. The van der Waals surface area contributed by atoms with Gasteiger partial charge >= 0.3 is 0 Å². The van der Waals surface area contributed by atoms with Crippen LogP contribution >= 0.6 is 15.9 Å². The Balaban J connectivity index is 1.86. The molecule has 5 nitrogen and oxygen atoms in total. The molecule has 1 aromatic heterocycles. The summed E-state index contributed by atoms with van der Waals surface area (Å²) < 4.78 is 0.974. The molecule has 0 atom stereocenters. The normalized spacial score (nSPS) is 10.8. The van der Waals surface area contributed by atoms with Crippen LogP contribution in [0.5, 0.6) is 5.75 Å². The molecular formula is C14H13BrN4O. The van der Waals surface area contributed by atoms with Crippen molar-refractivity contribution in [3.63, 3.8) is 0 Å². The van der Waals surface area contributed by atoms with Crippen LogP contribution in [0.25, 0.3) is 10.9 Å². The number of aromatic amines is 1. The van der Waals surface area contributed by atoms with E-state index in [0.29, 0.717) is 12.2 Å². The highest BCUT2D eigenvalue weighted by Crippen LogP contribution is 2.27. The van der Waals surface area contributed by atoms with E-state index in [1.807, 2.05) is 18.2 Å². The maximum Gasteiger partial charge on any atom is 0.138 e. The van der Waals surface area contributed by atoms with E-state index in [1.54, 1.807) is 18.3 Å². The molecule has 5 N–H and O–H groups in total. The van der Waals surface area contributed by atoms with Gasteiger partial charge in [0.15, 0.2) is 0 Å². The molecule has 102 valence electrons. The lowest BCUT2D eigenvalue weighted by atomic mass is 10.1. The Morgan fingerprint density at radius 2 is 2.15 bits per heavy atom. The topological polar surface area (TPSA) is 87.0 Å². The monoisotopic (exact) mass is 332 g/mol. The molecule has 0 fully saturated rings. The van der Waals surface area contributed by atoms with Gasteiger partial charge in [-0.1, -0.05) is 22.0 Å². The van der Waals surface area contributed by atoms with Gasteiger partial charge in [-0.05, 0) is 29.8 Å². The van der Waals surface area contributed by atoms with E-state index >= 15 is 0 Å². The molecule has 0 saturated carbocycles. The van der Waals surface area contributed by atoms with Crippen LogP contribution in [-0.2, 0) is 6.54 Å². The lowest BCUT2D eigenvalue weighted by molar-refractivity contribution is 0.478. The van der Waals surface area contributed by atoms with E-state index in [1.165, 1.54) is 0 Å². The summed E-state index contributed by atoms with van der Waals surface area (Å²) in [5.74, 6) is 0.105. The molecule has 20 heavy (non-hydrogen) atoms. The van der Waals surface area contributed by atoms with Gasteiger partial charge in [-0.3, -0.25) is 5.10 Å². The van der Waals surface area contributed by atoms with Gasteiger partial charge in [-0.2, -0.15) is 5.10 Å².